The molecule has 132 valence electrons. The number of hydrogen-bond acceptors (Lipinski definition) is 4. The summed E-state index contributed by atoms with van der Waals surface area (Å²) in [5, 5.41) is 6.21. The standard InChI is InChI=1S/C20H24N2O3/c1-24-19-7-5-15(6-8-19)13-25-14-16-3-2-4-18(11-16)22-20(23)17-9-10-21-12-17/h2-8,11,17,21H,9-10,12-14H2,1H3,(H,22,23). The third kappa shape index (κ3) is 5.05. The number of anilines is 1. The van der Waals surface area contributed by atoms with Crippen molar-refractivity contribution in [1.82, 2.24) is 5.32 Å². The Morgan fingerprint density at radius 1 is 1.16 bits per heavy atom. The minimum absolute atomic E-state index is 0.0648. The second-order valence-electron chi connectivity index (χ2n) is 6.22. The molecule has 0 aromatic heterocycles. The summed E-state index contributed by atoms with van der Waals surface area (Å²) in [7, 11) is 1.65. The molecule has 0 saturated carbocycles. The van der Waals surface area contributed by atoms with E-state index in [9.17, 15) is 4.79 Å². The van der Waals surface area contributed by atoms with E-state index in [0.717, 1.165) is 42.1 Å². The van der Waals surface area contributed by atoms with Crippen LogP contribution in [-0.2, 0) is 22.7 Å². The van der Waals surface area contributed by atoms with Crippen molar-refractivity contribution in [3.8, 4) is 5.75 Å². The van der Waals surface area contributed by atoms with Crippen molar-refractivity contribution in [1.29, 1.82) is 0 Å². The van der Waals surface area contributed by atoms with Crippen LogP contribution in [0.25, 0.3) is 0 Å². The zero-order valence-electron chi connectivity index (χ0n) is 14.5. The maximum absolute atomic E-state index is 12.2. The van der Waals surface area contributed by atoms with Gasteiger partial charge in [-0.05, 0) is 48.4 Å². The van der Waals surface area contributed by atoms with Crippen molar-refractivity contribution in [3.63, 3.8) is 0 Å². The lowest BCUT2D eigenvalue weighted by Gasteiger charge is -2.11. The fourth-order valence-corrected chi connectivity index (χ4v) is 2.87. The van der Waals surface area contributed by atoms with Gasteiger partial charge in [0.1, 0.15) is 5.75 Å². The Labute approximate surface area is 148 Å². The van der Waals surface area contributed by atoms with Gasteiger partial charge < -0.3 is 20.1 Å². The number of rotatable bonds is 7. The molecule has 0 bridgehead atoms. The maximum Gasteiger partial charge on any atom is 0.228 e. The SMILES string of the molecule is COc1ccc(COCc2cccc(NC(=O)C3CCNC3)c2)cc1. The molecule has 0 spiro atoms. The van der Waals surface area contributed by atoms with Gasteiger partial charge >= 0.3 is 0 Å². The first-order valence-corrected chi connectivity index (χ1v) is 8.56. The van der Waals surface area contributed by atoms with Gasteiger partial charge in [-0.25, -0.2) is 0 Å². The highest BCUT2D eigenvalue weighted by Crippen LogP contribution is 2.16. The van der Waals surface area contributed by atoms with Crippen LogP contribution < -0.4 is 15.4 Å². The summed E-state index contributed by atoms with van der Waals surface area (Å²) >= 11 is 0. The van der Waals surface area contributed by atoms with E-state index in [0.29, 0.717) is 13.2 Å². The Balaban J connectivity index is 1.49. The molecule has 2 N–H and O–H groups in total. The first-order valence-electron chi connectivity index (χ1n) is 8.56. The van der Waals surface area contributed by atoms with Crippen LogP contribution in [0.2, 0.25) is 0 Å². The number of methoxy groups -OCH3 is 1. The van der Waals surface area contributed by atoms with E-state index in [1.165, 1.54) is 0 Å². The minimum Gasteiger partial charge on any atom is -0.497 e. The van der Waals surface area contributed by atoms with E-state index in [1.54, 1.807) is 7.11 Å². The van der Waals surface area contributed by atoms with Gasteiger partial charge in [-0.15, -0.1) is 0 Å². The Morgan fingerprint density at radius 3 is 2.68 bits per heavy atom. The number of amides is 1. The molecular formula is C20H24N2O3. The first-order chi connectivity index (χ1) is 12.2. The van der Waals surface area contributed by atoms with Crippen LogP contribution in [0.5, 0.6) is 5.75 Å². The molecule has 3 rings (SSSR count). The number of ether oxygens (including phenoxy) is 2. The number of benzene rings is 2. The Hall–Kier alpha value is -2.37. The highest BCUT2D eigenvalue weighted by atomic mass is 16.5. The Morgan fingerprint density at radius 2 is 1.96 bits per heavy atom. The quantitative estimate of drug-likeness (QED) is 0.814. The van der Waals surface area contributed by atoms with Crippen LogP contribution >= 0.6 is 0 Å². The van der Waals surface area contributed by atoms with Crippen LogP contribution in [0.3, 0.4) is 0 Å². The summed E-state index contributed by atoms with van der Waals surface area (Å²) in [4.78, 5) is 12.2. The summed E-state index contributed by atoms with van der Waals surface area (Å²) < 4.78 is 10.9. The zero-order valence-corrected chi connectivity index (χ0v) is 14.5. The molecule has 1 aliphatic heterocycles. The van der Waals surface area contributed by atoms with Crippen molar-refractivity contribution < 1.29 is 14.3 Å². The minimum atomic E-state index is 0.0648. The summed E-state index contributed by atoms with van der Waals surface area (Å²) in [5.74, 6) is 0.987. The van der Waals surface area contributed by atoms with E-state index in [-0.39, 0.29) is 11.8 Å². The fraction of sp³-hybridized carbons (Fsp3) is 0.350. The maximum atomic E-state index is 12.2. The number of carbonyl (C=O) groups excluding carboxylic acids is 1. The molecule has 1 atom stereocenters. The van der Waals surface area contributed by atoms with Gasteiger partial charge in [-0.1, -0.05) is 24.3 Å². The molecule has 1 amide bonds. The molecule has 1 unspecified atom stereocenters. The van der Waals surface area contributed by atoms with Crippen LogP contribution in [0.4, 0.5) is 5.69 Å². The van der Waals surface area contributed by atoms with Gasteiger partial charge in [-0.2, -0.15) is 0 Å². The summed E-state index contributed by atoms with van der Waals surface area (Å²) in [5.41, 5.74) is 2.96. The van der Waals surface area contributed by atoms with Crippen LogP contribution in [0, 0.1) is 5.92 Å². The third-order valence-corrected chi connectivity index (χ3v) is 4.32. The second kappa shape index (κ2) is 8.65. The van der Waals surface area contributed by atoms with Crippen LogP contribution in [0.15, 0.2) is 48.5 Å². The summed E-state index contributed by atoms with van der Waals surface area (Å²) in [6, 6.07) is 15.6. The third-order valence-electron chi connectivity index (χ3n) is 4.32. The lowest BCUT2D eigenvalue weighted by molar-refractivity contribution is -0.119. The van der Waals surface area contributed by atoms with Crippen molar-refractivity contribution in [2.75, 3.05) is 25.5 Å². The van der Waals surface area contributed by atoms with Gasteiger partial charge in [-0.3, -0.25) is 4.79 Å². The molecule has 2 aromatic carbocycles. The molecule has 1 heterocycles. The molecule has 5 nitrogen and oxygen atoms in total. The van der Waals surface area contributed by atoms with Gasteiger partial charge in [0.05, 0.1) is 26.2 Å². The van der Waals surface area contributed by atoms with E-state index in [2.05, 4.69) is 10.6 Å². The molecule has 1 saturated heterocycles. The van der Waals surface area contributed by atoms with Crippen LogP contribution in [-0.4, -0.2) is 26.1 Å². The zero-order chi connectivity index (χ0) is 17.5. The second-order valence-corrected chi connectivity index (χ2v) is 6.22. The van der Waals surface area contributed by atoms with Crippen molar-refractivity contribution >= 4 is 11.6 Å². The highest BCUT2D eigenvalue weighted by Gasteiger charge is 2.22. The van der Waals surface area contributed by atoms with Crippen molar-refractivity contribution in [2.24, 2.45) is 5.92 Å². The average molecular weight is 340 g/mol. The molecule has 1 aliphatic rings. The van der Waals surface area contributed by atoms with Gasteiger partial charge in [0.15, 0.2) is 0 Å². The average Bonchev–Trinajstić information content (AvgIpc) is 3.17. The molecule has 2 aromatic rings. The number of nitrogens with one attached hydrogen (secondary N) is 2. The van der Waals surface area contributed by atoms with Crippen LogP contribution in [0.1, 0.15) is 17.5 Å². The van der Waals surface area contributed by atoms with Gasteiger partial charge in [0.2, 0.25) is 5.91 Å². The first kappa shape index (κ1) is 17.5. The van der Waals surface area contributed by atoms with E-state index < -0.39 is 0 Å². The summed E-state index contributed by atoms with van der Waals surface area (Å²) in [6.07, 6.45) is 0.899. The number of carbonyl (C=O) groups is 1. The van der Waals surface area contributed by atoms with E-state index in [4.69, 9.17) is 9.47 Å². The molecule has 5 heteroatoms. The summed E-state index contributed by atoms with van der Waals surface area (Å²) in [6.45, 7) is 2.71. The molecule has 1 fully saturated rings. The van der Waals surface area contributed by atoms with Crippen molar-refractivity contribution in [2.45, 2.75) is 19.6 Å². The highest BCUT2D eigenvalue weighted by molar-refractivity contribution is 5.92. The van der Waals surface area contributed by atoms with Crippen molar-refractivity contribution in [3.05, 3.63) is 59.7 Å². The molecular weight excluding hydrogens is 316 g/mol. The lowest BCUT2D eigenvalue weighted by Crippen LogP contribution is -2.24. The largest absolute Gasteiger partial charge is 0.497 e. The molecule has 25 heavy (non-hydrogen) atoms. The Bertz CT molecular complexity index is 694. The van der Waals surface area contributed by atoms with Gasteiger partial charge in [0, 0.05) is 12.2 Å². The fourth-order valence-electron chi connectivity index (χ4n) is 2.87. The topological polar surface area (TPSA) is 59.6 Å². The predicted octanol–water partition coefficient (Wildman–Crippen LogP) is 2.96. The number of hydrogen-bond donors (Lipinski definition) is 2. The monoisotopic (exact) mass is 340 g/mol. The van der Waals surface area contributed by atoms with E-state index >= 15 is 0 Å². The smallest absolute Gasteiger partial charge is 0.228 e. The lowest BCUT2D eigenvalue weighted by atomic mass is 10.1. The van der Waals surface area contributed by atoms with E-state index in [1.807, 2.05) is 48.5 Å². The van der Waals surface area contributed by atoms with Gasteiger partial charge in [0.25, 0.3) is 0 Å². The predicted molar refractivity (Wildman–Crippen MR) is 97.5 cm³/mol. The Kier molecular flexibility index (Phi) is 6.04. The normalized spacial score (nSPS) is 16.6. The molecule has 0 aliphatic carbocycles. The molecule has 0 radical (unpaired) electrons.